The number of alkyl carbamates (subject to hydrolysis) is 1. The van der Waals surface area contributed by atoms with Crippen LogP contribution in [0, 0.1) is 11.8 Å². The van der Waals surface area contributed by atoms with Crippen molar-refractivity contribution in [1.82, 2.24) is 10.6 Å². The van der Waals surface area contributed by atoms with E-state index in [2.05, 4.69) is 10.6 Å². The van der Waals surface area contributed by atoms with Gasteiger partial charge in [-0.05, 0) is 59.3 Å². The summed E-state index contributed by atoms with van der Waals surface area (Å²) < 4.78 is 5.25. The third kappa shape index (κ3) is 8.89. The van der Waals surface area contributed by atoms with Crippen molar-refractivity contribution in [2.45, 2.75) is 71.8 Å². The molecule has 0 spiro atoms. The van der Waals surface area contributed by atoms with E-state index in [0.29, 0.717) is 12.5 Å². The third-order valence-electron chi connectivity index (χ3n) is 4.15. The Balaban J connectivity index is 2.31. The van der Waals surface area contributed by atoms with E-state index in [9.17, 15) is 14.4 Å². The molecular formula is C18H32N2O4. The lowest BCUT2D eigenvalue weighted by molar-refractivity contribution is -0.128. The summed E-state index contributed by atoms with van der Waals surface area (Å²) in [5.41, 5.74) is -0.481. The van der Waals surface area contributed by atoms with E-state index in [0.717, 1.165) is 38.5 Å². The third-order valence-corrected chi connectivity index (χ3v) is 4.15. The second kappa shape index (κ2) is 9.64. The topological polar surface area (TPSA) is 84.5 Å². The van der Waals surface area contributed by atoms with E-state index < -0.39 is 5.60 Å². The molecule has 2 amide bonds. The van der Waals surface area contributed by atoms with Crippen LogP contribution in [0.15, 0.2) is 0 Å². The fourth-order valence-electron chi connectivity index (χ4n) is 2.96. The standard InChI is InChI=1S/C18H32N2O4/c1-13(21)11-19-16(22)15-9-5-7-14(8-6-10-15)12-20-17(23)24-18(2,3)4/h14-15H,5-12H2,1-4H3,(H,19,22)(H,20,23). The van der Waals surface area contributed by atoms with Crippen molar-refractivity contribution in [2.24, 2.45) is 11.8 Å². The molecule has 0 heterocycles. The lowest BCUT2D eigenvalue weighted by Gasteiger charge is -2.25. The van der Waals surface area contributed by atoms with E-state index in [-0.39, 0.29) is 30.2 Å². The second-order valence-corrected chi connectivity index (χ2v) is 7.73. The molecule has 6 nitrogen and oxygen atoms in total. The Hall–Kier alpha value is -1.59. The van der Waals surface area contributed by atoms with Crippen molar-refractivity contribution >= 4 is 17.8 Å². The number of hydrogen-bond donors (Lipinski definition) is 2. The van der Waals surface area contributed by atoms with Crippen LogP contribution >= 0.6 is 0 Å². The van der Waals surface area contributed by atoms with E-state index in [4.69, 9.17) is 4.74 Å². The van der Waals surface area contributed by atoms with E-state index in [1.165, 1.54) is 6.92 Å². The van der Waals surface area contributed by atoms with Crippen molar-refractivity contribution in [3.8, 4) is 0 Å². The highest BCUT2D eigenvalue weighted by Crippen LogP contribution is 2.26. The van der Waals surface area contributed by atoms with Gasteiger partial charge in [-0.3, -0.25) is 9.59 Å². The summed E-state index contributed by atoms with van der Waals surface area (Å²) in [6.45, 7) is 7.76. The number of amides is 2. The van der Waals surface area contributed by atoms with Crippen molar-refractivity contribution in [3.05, 3.63) is 0 Å². The second-order valence-electron chi connectivity index (χ2n) is 7.73. The van der Waals surface area contributed by atoms with Gasteiger partial charge in [0.15, 0.2) is 0 Å². The van der Waals surface area contributed by atoms with Gasteiger partial charge >= 0.3 is 6.09 Å². The Labute approximate surface area is 145 Å². The first-order valence-electron chi connectivity index (χ1n) is 8.91. The minimum absolute atomic E-state index is 0.00381. The first kappa shape index (κ1) is 20.5. The van der Waals surface area contributed by atoms with Gasteiger partial charge in [-0.25, -0.2) is 4.79 Å². The zero-order valence-electron chi connectivity index (χ0n) is 15.4. The average Bonchev–Trinajstić information content (AvgIpc) is 2.41. The molecule has 0 aromatic heterocycles. The lowest BCUT2D eigenvalue weighted by atomic mass is 9.85. The van der Waals surface area contributed by atoms with Gasteiger partial charge in [-0.2, -0.15) is 0 Å². The maximum absolute atomic E-state index is 12.1. The molecule has 1 saturated carbocycles. The molecule has 0 aromatic carbocycles. The maximum atomic E-state index is 12.1. The summed E-state index contributed by atoms with van der Waals surface area (Å²) in [5.74, 6) is 0.404. The molecule has 0 atom stereocenters. The molecule has 0 aliphatic heterocycles. The Morgan fingerprint density at radius 1 is 1.00 bits per heavy atom. The smallest absolute Gasteiger partial charge is 0.407 e. The van der Waals surface area contributed by atoms with Gasteiger partial charge in [-0.1, -0.05) is 12.8 Å². The van der Waals surface area contributed by atoms with Gasteiger partial charge in [0.25, 0.3) is 0 Å². The van der Waals surface area contributed by atoms with Gasteiger partial charge < -0.3 is 15.4 Å². The summed E-state index contributed by atoms with van der Waals surface area (Å²) in [6, 6.07) is 0. The van der Waals surface area contributed by atoms with E-state index in [1.54, 1.807) is 0 Å². The fourth-order valence-corrected chi connectivity index (χ4v) is 2.96. The van der Waals surface area contributed by atoms with Crippen LogP contribution in [0.5, 0.6) is 0 Å². The minimum Gasteiger partial charge on any atom is -0.444 e. The van der Waals surface area contributed by atoms with Crippen molar-refractivity contribution in [2.75, 3.05) is 13.1 Å². The van der Waals surface area contributed by atoms with Crippen LogP contribution in [-0.2, 0) is 14.3 Å². The average molecular weight is 340 g/mol. The number of Topliss-reactive ketones (excluding diaryl/α,β-unsaturated/α-hetero) is 1. The molecule has 0 bridgehead atoms. The molecule has 2 N–H and O–H groups in total. The van der Waals surface area contributed by atoms with Crippen LogP contribution < -0.4 is 10.6 Å². The van der Waals surface area contributed by atoms with Gasteiger partial charge in [0, 0.05) is 12.5 Å². The van der Waals surface area contributed by atoms with E-state index in [1.807, 2.05) is 20.8 Å². The van der Waals surface area contributed by atoms with Gasteiger partial charge in [0.2, 0.25) is 5.91 Å². The molecule has 1 fully saturated rings. The number of carbonyl (C=O) groups is 3. The zero-order valence-corrected chi connectivity index (χ0v) is 15.4. The van der Waals surface area contributed by atoms with Crippen molar-refractivity contribution in [1.29, 1.82) is 0 Å². The fraction of sp³-hybridized carbons (Fsp3) is 0.833. The number of ether oxygens (including phenoxy) is 1. The SMILES string of the molecule is CC(=O)CNC(=O)C1CCCC(CNC(=O)OC(C)(C)C)CCC1. The maximum Gasteiger partial charge on any atom is 0.407 e. The van der Waals surface area contributed by atoms with Crippen LogP contribution in [0.3, 0.4) is 0 Å². The molecule has 0 radical (unpaired) electrons. The molecule has 1 aliphatic carbocycles. The van der Waals surface area contributed by atoms with Crippen molar-refractivity contribution < 1.29 is 19.1 Å². The first-order chi connectivity index (χ1) is 11.2. The highest BCUT2D eigenvalue weighted by molar-refractivity contribution is 5.85. The summed E-state index contributed by atoms with van der Waals surface area (Å²) in [6.07, 6.45) is 5.21. The molecule has 1 aliphatic rings. The number of hydrogen-bond acceptors (Lipinski definition) is 4. The molecule has 0 aromatic rings. The van der Waals surface area contributed by atoms with Gasteiger partial charge in [-0.15, -0.1) is 0 Å². The highest BCUT2D eigenvalue weighted by atomic mass is 16.6. The molecule has 24 heavy (non-hydrogen) atoms. The minimum atomic E-state index is -0.481. The Kier molecular flexibility index (Phi) is 8.22. The monoisotopic (exact) mass is 340 g/mol. The number of nitrogens with one attached hydrogen (secondary N) is 2. The van der Waals surface area contributed by atoms with Crippen molar-refractivity contribution in [3.63, 3.8) is 0 Å². The predicted octanol–water partition coefficient (Wildman–Crippen LogP) is 2.80. The summed E-state index contributed by atoms with van der Waals surface area (Å²) in [5, 5.41) is 5.56. The van der Waals surface area contributed by atoms with E-state index >= 15 is 0 Å². The number of carbonyl (C=O) groups excluding carboxylic acids is 3. The Morgan fingerprint density at radius 3 is 2.08 bits per heavy atom. The van der Waals surface area contributed by atoms with Crippen LogP contribution in [0.1, 0.15) is 66.2 Å². The molecule has 0 unspecified atom stereocenters. The molecule has 138 valence electrons. The van der Waals surface area contributed by atoms with Crippen LogP contribution in [0.2, 0.25) is 0 Å². The van der Waals surface area contributed by atoms with Crippen LogP contribution in [0.4, 0.5) is 4.79 Å². The van der Waals surface area contributed by atoms with Crippen LogP contribution in [0.25, 0.3) is 0 Å². The Bertz CT molecular complexity index is 433. The number of ketones is 1. The highest BCUT2D eigenvalue weighted by Gasteiger charge is 2.23. The van der Waals surface area contributed by atoms with Crippen LogP contribution in [-0.4, -0.2) is 36.5 Å². The Morgan fingerprint density at radius 2 is 1.58 bits per heavy atom. The molecule has 0 saturated heterocycles. The number of rotatable bonds is 5. The lowest BCUT2D eigenvalue weighted by Crippen LogP contribution is -2.36. The quantitative estimate of drug-likeness (QED) is 0.806. The largest absolute Gasteiger partial charge is 0.444 e. The molecule has 1 rings (SSSR count). The summed E-state index contributed by atoms with van der Waals surface area (Å²) in [4.78, 5) is 34.7. The zero-order chi connectivity index (χ0) is 18.2. The summed E-state index contributed by atoms with van der Waals surface area (Å²) >= 11 is 0. The molecular weight excluding hydrogens is 308 g/mol. The normalized spacial score (nSPS) is 22.0. The first-order valence-corrected chi connectivity index (χ1v) is 8.91. The summed E-state index contributed by atoms with van der Waals surface area (Å²) in [7, 11) is 0. The van der Waals surface area contributed by atoms with Gasteiger partial charge in [0.1, 0.15) is 11.4 Å². The van der Waals surface area contributed by atoms with Gasteiger partial charge in [0.05, 0.1) is 6.54 Å². The predicted molar refractivity (Wildman–Crippen MR) is 92.6 cm³/mol. The molecule has 6 heteroatoms.